The van der Waals surface area contributed by atoms with E-state index in [0.717, 1.165) is 125 Å². The maximum atomic E-state index is 14.4. The summed E-state index contributed by atoms with van der Waals surface area (Å²) in [5, 5.41) is 6.78. The Labute approximate surface area is 595 Å². The van der Waals surface area contributed by atoms with Gasteiger partial charge in [-0.15, -0.1) is 0 Å². The van der Waals surface area contributed by atoms with E-state index in [-0.39, 0.29) is 23.2 Å². The number of anilines is 5. The minimum Gasteiger partial charge on any atom is -0.381 e. The molecule has 6 fully saturated rings. The summed E-state index contributed by atoms with van der Waals surface area (Å²) in [6.45, 7) is 39.6. The zero-order valence-electron chi connectivity index (χ0n) is 62.7. The molecule has 5 aromatic rings. The van der Waals surface area contributed by atoms with Crippen LogP contribution in [-0.4, -0.2) is 194 Å². The summed E-state index contributed by atoms with van der Waals surface area (Å²) in [5.41, 5.74) is 8.01. The van der Waals surface area contributed by atoms with Crippen molar-refractivity contribution in [3.05, 3.63) is 141 Å². The predicted molar refractivity (Wildman–Crippen MR) is 408 cm³/mol. The lowest BCUT2D eigenvalue weighted by Gasteiger charge is -2.41. The summed E-state index contributed by atoms with van der Waals surface area (Å²) in [7, 11) is 7.83. The van der Waals surface area contributed by atoms with E-state index >= 15 is 0 Å². The van der Waals surface area contributed by atoms with Gasteiger partial charge in [0.2, 0.25) is 0 Å². The van der Waals surface area contributed by atoms with Crippen LogP contribution in [0, 0.1) is 23.3 Å². The standard InChI is InChI=1S/C19H29FN2.C18H27ClN2O.C18H29N3.C13H20F2N2.C13H21FN2/c1-15(2)16-6-7-19(18(20)14-16)22-12-8-17(9-13-22)21-10-4-3-5-11-21;1-14(2)15-3-4-18(17(19)13-15)21-7-5-16(6-8-21)20-9-11-22-12-10-20;1-15(2)16-6-7-18(19-14-16)21-12-8-17(9-13-21)20-10-4-3-5-11-20;1-9(2)10-7-11(14)13(12(15)8-10)16-5-6-17(3)4;1-10(2)11-5-6-13(12(14)9-11)15-7-8-16(3)4/h6-7,14-15,17H,3-5,8-13H2,1-2H3;3-4,13-14,16H,5-12H2,1-2H3;6-7,14-15,17H,3-5,8-13H2,1-2H3;7-9,16H,5-6H2,1-4H3;5-6,9-10,15H,7-8H2,1-4H3. The van der Waals surface area contributed by atoms with E-state index < -0.39 is 11.6 Å². The van der Waals surface area contributed by atoms with Crippen molar-refractivity contribution in [3.63, 3.8) is 0 Å². The van der Waals surface area contributed by atoms with Crippen LogP contribution < -0.4 is 25.3 Å². The van der Waals surface area contributed by atoms with E-state index in [1.165, 1.54) is 132 Å². The van der Waals surface area contributed by atoms with Gasteiger partial charge in [0.1, 0.15) is 34.8 Å². The summed E-state index contributed by atoms with van der Waals surface area (Å²) < 4.78 is 60.9. The number of nitrogens with one attached hydrogen (secondary N) is 2. The van der Waals surface area contributed by atoms with Gasteiger partial charge in [-0.3, -0.25) is 4.90 Å². The molecule has 6 saturated heterocycles. The Bertz CT molecular complexity index is 2960. The van der Waals surface area contributed by atoms with E-state index in [2.05, 4.69) is 148 Å². The predicted octanol–water partition coefficient (Wildman–Crippen LogP) is 17.8. The Morgan fingerprint density at radius 3 is 1.23 bits per heavy atom. The second-order valence-corrected chi connectivity index (χ2v) is 30.6. The average Bonchev–Trinajstić information content (AvgIpc) is 0.858. The number of hydrogen-bond donors (Lipinski definition) is 2. The molecule has 0 aliphatic carbocycles. The number of hydrogen-bond acceptors (Lipinski definition) is 12. The van der Waals surface area contributed by atoms with Crippen molar-refractivity contribution >= 4 is 40.2 Å². The molecular weight excluding hydrogens is 1250 g/mol. The number of benzene rings is 4. The minimum atomic E-state index is -0.521. The van der Waals surface area contributed by atoms with Crippen LogP contribution in [0.3, 0.4) is 0 Å². The normalized spacial score (nSPS) is 18.2. The molecule has 0 amide bonds. The third kappa shape index (κ3) is 25.4. The molecule has 0 atom stereocenters. The molecule has 1 aromatic heterocycles. The van der Waals surface area contributed by atoms with Crippen LogP contribution >= 0.6 is 11.6 Å². The number of likely N-dealkylation sites (tertiary alicyclic amines) is 2. The van der Waals surface area contributed by atoms with Crippen LogP contribution in [0.5, 0.6) is 0 Å². The van der Waals surface area contributed by atoms with Gasteiger partial charge >= 0.3 is 0 Å². The maximum Gasteiger partial charge on any atom is 0.149 e. The molecule has 6 aliphatic heterocycles. The smallest absolute Gasteiger partial charge is 0.149 e. The summed E-state index contributed by atoms with van der Waals surface area (Å²) >= 11 is 6.52. The van der Waals surface area contributed by atoms with Gasteiger partial charge in [0.25, 0.3) is 0 Å². The second-order valence-electron chi connectivity index (χ2n) is 30.2. The van der Waals surface area contributed by atoms with E-state index in [1.807, 2.05) is 65.1 Å². The number of nitrogens with zero attached hydrogens (tertiary/aromatic N) is 9. The number of ether oxygens (including phenoxy) is 1. The molecule has 0 bridgehead atoms. The molecule has 546 valence electrons. The average molecular weight is 1380 g/mol. The van der Waals surface area contributed by atoms with E-state index in [1.54, 1.807) is 12.1 Å². The van der Waals surface area contributed by atoms with Crippen molar-refractivity contribution < 1.29 is 22.3 Å². The van der Waals surface area contributed by atoms with Crippen molar-refractivity contribution in [1.82, 2.24) is 29.5 Å². The van der Waals surface area contributed by atoms with Gasteiger partial charge < -0.3 is 49.7 Å². The summed E-state index contributed by atoms with van der Waals surface area (Å²) in [4.78, 5) is 23.8. The van der Waals surface area contributed by atoms with Crippen LogP contribution in [0.25, 0.3) is 0 Å². The topological polar surface area (TPSA) is 72.1 Å². The quantitative estimate of drug-likeness (QED) is 0.0774. The number of piperidine rings is 5. The van der Waals surface area contributed by atoms with Crippen LogP contribution in [0.15, 0.2) is 85.1 Å². The molecule has 98 heavy (non-hydrogen) atoms. The van der Waals surface area contributed by atoms with Crippen LogP contribution in [-0.2, 0) is 4.74 Å². The first kappa shape index (κ1) is 80.1. The van der Waals surface area contributed by atoms with Crippen LogP contribution in [0.2, 0.25) is 5.02 Å². The molecule has 17 heteroatoms. The highest BCUT2D eigenvalue weighted by atomic mass is 35.5. The number of halogens is 5. The Balaban J connectivity index is 0.000000174. The van der Waals surface area contributed by atoms with Gasteiger partial charge in [0.05, 0.1) is 35.3 Å². The molecule has 0 unspecified atom stereocenters. The van der Waals surface area contributed by atoms with Crippen molar-refractivity contribution in [3.8, 4) is 0 Å². The first-order valence-corrected chi connectivity index (χ1v) is 38.0. The van der Waals surface area contributed by atoms with E-state index in [9.17, 15) is 17.6 Å². The van der Waals surface area contributed by atoms with Crippen molar-refractivity contribution in [2.24, 2.45) is 0 Å². The Morgan fingerprint density at radius 2 is 0.816 bits per heavy atom. The van der Waals surface area contributed by atoms with Crippen molar-refractivity contribution in [1.29, 1.82) is 0 Å². The largest absolute Gasteiger partial charge is 0.381 e. The van der Waals surface area contributed by atoms with E-state index in [4.69, 9.17) is 16.3 Å². The molecule has 4 aromatic carbocycles. The first-order valence-electron chi connectivity index (χ1n) is 37.6. The Morgan fingerprint density at radius 1 is 0.429 bits per heavy atom. The van der Waals surface area contributed by atoms with Gasteiger partial charge in [0.15, 0.2) is 0 Å². The first-order chi connectivity index (χ1) is 46.9. The number of aromatic nitrogens is 1. The molecule has 0 spiro atoms. The Kier molecular flexibility index (Phi) is 33.6. The summed E-state index contributed by atoms with van der Waals surface area (Å²) in [6, 6.07) is 27.2. The number of morpholine rings is 1. The van der Waals surface area contributed by atoms with Gasteiger partial charge in [-0.05, 0) is 231 Å². The minimum absolute atomic E-state index is 0.0312. The van der Waals surface area contributed by atoms with Crippen LogP contribution in [0.1, 0.15) is 204 Å². The number of likely N-dealkylation sites (N-methyl/N-ethyl adjacent to an activating group) is 2. The molecule has 2 N–H and O–H groups in total. The molecule has 12 nitrogen and oxygen atoms in total. The maximum absolute atomic E-state index is 14.4. The Hall–Kier alpha value is -5.20. The lowest BCUT2D eigenvalue weighted by Crippen LogP contribution is -2.49. The zero-order valence-corrected chi connectivity index (χ0v) is 63.5. The van der Waals surface area contributed by atoms with Crippen molar-refractivity contribution in [2.75, 3.05) is 171 Å². The fourth-order valence-electron chi connectivity index (χ4n) is 14.1. The highest BCUT2D eigenvalue weighted by Crippen LogP contribution is 2.34. The lowest BCUT2D eigenvalue weighted by molar-refractivity contribution is 0.0115. The molecule has 11 rings (SSSR count). The third-order valence-corrected chi connectivity index (χ3v) is 20.9. The fourth-order valence-corrected chi connectivity index (χ4v) is 14.4. The van der Waals surface area contributed by atoms with Gasteiger partial charge in [-0.1, -0.05) is 118 Å². The summed E-state index contributed by atoms with van der Waals surface area (Å²) in [6.07, 6.45) is 17.8. The van der Waals surface area contributed by atoms with Gasteiger partial charge in [-0.2, -0.15) is 0 Å². The van der Waals surface area contributed by atoms with E-state index in [0.29, 0.717) is 47.5 Å². The monoisotopic (exact) mass is 1380 g/mol. The summed E-state index contributed by atoms with van der Waals surface area (Å²) in [5.74, 6) is 1.87. The molecule has 0 saturated carbocycles. The zero-order chi connectivity index (χ0) is 70.8. The fraction of sp³-hybridized carbons (Fsp3) is 0.642. The highest BCUT2D eigenvalue weighted by molar-refractivity contribution is 6.33. The molecule has 7 heterocycles. The molecular formula is C81H126ClF4N11O. The number of pyridine rings is 1. The SMILES string of the molecule is CC(C)c1cc(F)c(NCCN(C)C)c(F)c1.CC(C)c1ccc(N2CCC(N3CCCCC3)CC2)c(F)c1.CC(C)c1ccc(N2CCC(N3CCCCC3)CC2)nc1.CC(C)c1ccc(N2CCC(N3CCOCC3)CC2)c(Cl)c1.CC(C)c1ccc(NCCN(C)C)c(F)c1. The molecule has 0 radical (unpaired) electrons. The third-order valence-electron chi connectivity index (χ3n) is 20.6. The second kappa shape index (κ2) is 41.0. The lowest BCUT2D eigenvalue weighted by atomic mass is 9.98. The van der Waals surface area contributed by atoms with Crippen molar-refractivity contribution in [2.45, 2.75) is 194 Å². The number of rotatable bonds is 19. The van der Waals surface area contributed by atoms with Gasteiger partial charge in [0, 0.05) is 103 Å². The van der Waals surface area contributed by atoms with Gasteiger partial charge in [-0.25, -0.2) is 22.5 Å². The highest BCUT2D eigenvalue weighted by Gasteiger charge is 2.30. The molecule has 6 aliphatic rings. The van der Waals surface area contributed by atoms with Crippen LogP contribution in [0.4, 0.5) is 46.1 Å².